The molecule has 1 aromatic heterocycles. The number of carbonyl (C=O) groups excluding carboxylic acids is 1. The van der Waals surface area contributed by atoms with Crippen LogP contribution in [0, 0.1) is 19.7 Å². The van der Waals surface area contributed by atoms with E-state index in [2.05, 4.69) is 27.3 Å². The molecule has 1 atom stereocenters. The van der Waals surface area contributed by atoms with E-state index in [0.29, 0.717) is 17.1 Å². The van der Waals surface area contributed by atoms with E-state index in [1.54, 1.807) is 32.4 Å². The van der Waals surface area contributed by atoms with Crippen molar-refractivity contribution in [3.05, 3.63) is 82.7 Å². The summed E-state index contributed by atoms with van der Waals surface area (Å²) in [6.45, 7) is 5.53. The first kappa shape index (κ1) is 22.9. The Morgan fingerprint density at radius 2 is 2.00 bits per heavy atom. The van der Waals surface area contributed by atoms with E-state index >= 15 is 0 Å². The van der Waals surface area contributed by atoms with Gasteiger partial charge in [0.2, 0.25) is 0 Å². The predicted octanol–water partition coefficient (Wildman–Crippen LogP) is 5.22. The molecule has 6 nitrogen and oxygen atoms in total. The van der Waals surface area contributed by atoms with Crippen LogP contribution >= 0.6 is 0 Å². The normalized spacial score (nSPS) is 16.4. The number of hydrogen-bond acceptors (Lipinski definition) is 5. The summed E-state index contributed by atoms with van der Waals surface area (Å²) in [5, 5.41) is 2.61. The molecule has 1 amide bonds. The number of benzene rings is 2. The molecule has 172 valence electrons. The number of methoxy groups -OCH3 is 1. The fourth-order valence-electron chi connectivity index (χ4n) is 4.44. The molecule has 0 unspecified atom stereocenters. The largest absolute Gasteiger partial charge is 0.496 e. The van der Waals surface area contributed by atoms with E-state index in [-0.39, 0.29) is 11.7 Å². The second-order valence-corrected chi connectivity index (χ2v) is 8.41. The fourth-order valence-corrected chi connectivity index (χ4v) is 4.44. The molecule has 1 N–H and O–H groups in total. The summed E-state index contributed by atoms with van der Waals surface area (Å²) in [6, 6.07) is 12.3. The Balaban J connectivity index is 1.55. The van der Waals surface area contributed by atoms with Gasteiger partial charge in [-0.15, -0.1) is 0 Å². The van der Waals surface area contributed by atoms with Gasteiger partial charge in [0.15, 0.2) is 0 Å². The highest BCUT2D eigenvalue weighted by Crippen LogP contribution is 2.33. The van der Waals surface area contributed by atoms with E-state index in [9.17, 15) is 9.18 Å². The van der Waals surface area contributed by atoms with E-state index in [4.69, 9.17) is 9.72 Å². The van der Waals surface area contributed by atoms with Gasteiger partial charge in [-0.05, 0) is 50.9 Å². The Kier molecular flexibility index (Phi) is 6.99. The van der Waals surface area contributed by atoms with Crippen molar-refractivity contribution in [1.82, 2.24) is 14.9 Å². The third-order valence-electron chi connectivity index (χ3n) is 6.15. The lowest BCUT2D eigenvalue weighted by atomic mass is 9.99. The Morgan fingerprint density at radius 1 is 1.18 bits per heavy atom. The number of hydrogen-bond donors (Lipinski definition) is 1. The van der Waals surface area contributed by atoms with Crippen molar-refractivity contribution in [1.29, 1.82) is 0 Å². The lowest BCUT2D eigenvalue weighted by Crippen LogP contribution is -2.34. The molecule has 0 saturated carbocycles. The number of ether oxygens (including phenoxy) is 1. The maximum atomic E-state index is 13.9. The molecule has 1 aliphatic rings. The van der Waals surface area contributed by atoms with E-state index in [1.165, 1.54) is 12.1 Å². The van der Waals surface area contributed by atoms with Crippen LogP contribution in [0.25, 0.3) is 0 Å². The van der Waals surface area contributed by atoms with Gasteiger partial charge in [0, 0.05) is 18.3 Å². The number of aromatic nitrogens is 2. The number of nitrogens with zero attached hydrogens (tertiary/aromatic N) is 3. The molecule has 2 aromatic carbocycles. The van der Waals surface area contributed by atoms with Crippen LogP contribution in [0.15, 0.2) is 48.7 Å². The topological polar surface area (TPSA) is 67.3 Å². The molecule has 0 radical (unpaired) electrons. The highest BCUT2D eigenvalue weighted by Gasteiger charge is 2.28. The van der Waals surface area contributed by atoms with Crippen LogP contribution in [-0.4, -0.2) is 34.4 Å². The molecule has 1 fully saturated rings. The van der Waals surface area contributed by atoms with Crippen LogP contribution in [0.2, 0.25) is 0 Å². The predicted molar refractivity (Wildman–Crippen MR) is 126 cm³/mol. The van der Waals surface area contributed by atoms with Crippen molar-refractivity contribution in [2.75, 3.05) is 19.0 Å². The summed E-state index contributed by atoms with van der Waals surface area (Å²) in [4.78, 5) is 24.3. The van der Waals surface area contributed by atoms with Crippen molar-refractivity contribution >= 4 is 11.6 Å². The molecule has 3 aromatic rings. The van der Waals surface area contributed by atoms with Crippen LogP contribution in [-0.2, 0) is 6.54 Å². The van der Waals surface area contributed by atoms with Crippen molar-refractivity contribution in [3.63, 3.8) is 0 Å². The van der Waals surface area contributed by atoms with Gasteiger partial charge in [-0.2, -0.15) is 0 Å². The number of halogens is 1. The average molecular weight is 449 g/mol. The minimum atomic E-state index is -0.481. The second-order valence-electron chi connectivity index (χ2n) is 8.41. The van der Waals surface area contributed by atoms with Gasteiger partial charge in [0.1, 0.15) is 17.4 Å². The lowest BCUT2D eigenvalue weighted by molar-refractivity contribution is 0.102. The number of carbonyl (C=O) groups is 1. The zero-order chi connectivity index (χ0) is 23.4. The third-order valence-corrected chi connectivity index (χ3v) is 6.15. The van der Waals surface area contributed by atoms with Gasteiger partial charge >= 0.3 is 0 Å². The number of nitrogens with one attached hydrogen (secondary N) is 1. The van der Waals surface area contributed by atoms with Crippen LogP contribution in [0.5, 0.6) is 5.75 Å². The van der Waals surface area contributed by atoms with Gasteiger partial charge in [-0.3, -0.25) is 9.69 Å². The van der Waals surface area contributed by atoms with Crippen molar-refractivity contribution < 1.29 is 13.9 Å². The third kappa shape index (κ3) is 5.03. The molecule has 1 saturated heterocycles. The van der Waals surface area contributed by atoms with Crippen LogP contribution in [0.3, 0.4) is 0 Å². The Morgan fingerprint density at radius 3 is 2.76 bits per heavy atom. The van der Waals surface area contributed by atoms with Crippen LogP contribution in [0.1, 0.15) is 58.3 Å². The standard InChI is InChI=1S/C26H29FN4O2/c1-17-9-8-10-19(24(17)33-3)16-31-14-7-6-13-23(31)25-28-15-20(18(2)29-25)26(32)30-22-12-5-4-11-21(22)27/h4-5,8-12,15,23H,6-7,13-14,16H2,1-3H3,(H,30,32)/t23-/m0/s1. The maximum absolute atomic E-state index is 13.9. The van der Waals surface area contributed by atoms with Gasteiger partial charge in [-0.25, -0.2) is 14.4 Å². The molecule has 7 heteroatoms. The minimum absolute atomic E-state index is 0.0614. The molecule has 0 bridgehead atoms. The van der Waals surface area contributed by atoms with Crippen LogP contribution < -0.4 is 10.1 Å². The number of amides is 1. The van der Waals surface area contributed by atoms with Crippen molar-refractivity contribution in [2.24, 2.45) is 0 Å². The molecule has 33 heavy (non-hydrogen) atoms. The summed E-state index contributed by atoms with van der Waals surface area (Å²) in [5.41, 5.74) is 3.30. The molecule has 1 aliphatic heterocycles. The second kappa shape index (κ2) is 10.1. The summed E-state index contributed by atoms with van der Waals surface area (Å²) >= 11 is 0. The van der Waals surface area contributed by atoms with Gasteiger partial charge in [-0.1, -0.05) is 36.8 Å². The first-order chi connectivity index (χ1) is 16.0. The number of para-hydroxylation sites is 2. The van der Waals surface area contributed by atoms with E-state index in [0.717, 1.165) is 49.2 Å². The van der Waals surface area contributed by atoms with Gasteiger partial charge < -0.3 is 10.1 Å². The summed E-state index contributed by atoms with van der Waals surface area (Å²) in [5.74, 6) is 0.722. The SMILES string of the molecule is COc1c(C)cccc1CN1CCCC[C@H]1c1ncc(C(=O)Nc2ccccc2F)c(C)n1. The summed E-state index contributed by atoms with van der Waals surface area (Å²) < 4.78 is 19.6. The monoisotopic (exact) mass is 448 g/mol. The lowest BCUT2D eigenvalue weighted by Gasteiger charge is -2.35. The molecular weight excluding hydrogens is 419 g/mol. The molecule has 0 spiro atoms. The fraction of sp³-hybridized carbons (Fsp3) is 0.346. The smallest absolute Gasteiger partial charge is 0.259 e. The molecule has 4 rings (SSSR count). The minimum Gasteiger partial charge on any atom is -0.496 e. The Bertz CT molecular complexity index is 1150. The molecule has 2 heterocycles. The van der Waals surface area contributed by atoms with Gasteiger partial charge in [0.05, 0.1) is 30.1 Å². The first-order valence-corrected chi connectivity index (χ1v) is 11.2. The van der Waals surface area contributed by atoms with Crippen molar-refractivity contribution in [2.45, 2.75) is 45.7 Å². The Hall–Kier alpha value is -3.32. The maximum Gasteiger partial charge on any atom is 0.259 e. The van der Waals surface area contributed by atoms with E-state index < -0.39 is 11.7 Å². The summed E-state index contributed by atoms with van der Waals surface area (Å²) in [6.07, 6.45) is 4.72. The van der Waals surface area contributed by atoms with E-state index in [1.807, 2.05) is 13.0 Å². The first-order valence-electron chi connectivity index (χ1n) is 11.2. The highest BCUT2D eigenvalue weighted by molar-refractivity contribution is 6.04. The zero-order valence-electron chi connectivity index (χ0n) is 19.3. The number of likely N-dealkylation sites (tertiary alicyclic amines) is 1. The zero-order valence-corrected chi connectivity index (χ0v) is 19.3. The number of anilines is 1. The highest BCUT2D eigenvalue weighted by atomic mass is 19.1. The average Bonchev–Trinajstić information content (AvgIpc) is 2.81. The van der Waals surface area contributed by atoms with Crippen molar-refractivity contribution in [3.8, 4) is 5.75 Å². The molecule has 0 aliphatic carbocycles. The number of rotatable bonds is 6. The molecular formula is C26H29FN4O2. The summed E-state index contributed by atoms with van der Waals surface area (Å²) in [7, 11) is 1.71. The number of piperidine rings is 1. The van der Waals surface area contributed by atoms with Crippen LogP contribution in [0.4, 0.5) is 10.1 Å². The Labute approximate surface area is 193 Å². The quantitative estimate of drug-likeness (QED) is 0.560. The van der Waals surface area contributed by atoms with Gasteiger partial charge in [0.25, 0.3) is 5.91 Å². The number of aryl methyl sites for hydroxylation is 2.